The fourth-order valence-corrected chi connectivity index (χ4v) is 1.76. The van der Waals surface area contributed by atoms with Crippen molar-refractivity contribution in [1.82, 2.24) is 9.78 Å². The van der Waals surface area contributed by atoms with Crippen molar-refractivity contribution < 1.29 is 0 Å². The summed E-state index contributed by atoms with van der Waals surface area (Å²) in [5.74, 6) is 0. The van der Waals surface area contributed by atoms with Crippen molar-refractivity contribution >= 4 is 22.6 Å². The Hall–Kier alpha value is -0.0600. The zero-order valence-electron chi connectivity index (χ0n) is 8.00. The average Bonchev–Trinajstić information content (AvgIpc) is 2.30. The minimum atomic E-state index is 0.465. The van der Waals surface area contributed by atoms with Crippen LogP contribution in [0.1, 0.15) is 42.0 Å². The number of aromatic nitrogens is 2. The van der Waals surface area contributed by atoms with Crippen LogP contribution in [-0.2, 0) is 0 Å². The van der Waals surface area contributed by atoms with Crippen molar-refractivity contribution in [3.8, 4) is 0 Å². The monoisotopic (exact) mass is 278 g/mol. The molecule has 0 bridgehead atoms. The number of nitrogens with zero attached hydrogens (tertiary/aromatic N) is 2. The molecule has 0 amide bonds. The van der Waals surface area contributed by atoms with E-state index >= 15 is 0 Å². The van der Waals surface area contributed by atoms with Crippen molar-refractivity contribution in [1.29, 1.82) is 0 Å². The van der Waals surface area contributed by atoms with Gasteiger partial charge < -0.3 is 0 Å². The number of halogens is 1. The maximum absolute atomic E-state index is 4.44. The van der Waals surface area contributed by atoms with Crippen LogP contribution < -0.4 is 0 Å². The van der Waals surface area contributed by atoms with Gasteiger partial charge in [-0.05, 0) is 27.7 Å². The summed E-state index contributed by atoms with van der Waals surface area (Å²) in [5.41, 5.74) is 2.51. The third kappa shape index (κ3) is 2.00. The lowest BCUT2D eigenvalue weighted by atomic mass is 10.2. The van der Waals surface area contributed by atoms with E-state index in [1.165, 1.54) is 5.56 Å². The topological polar surface area (TPSA) is 17.8 Å². The lowest BCUT2D eigenvalue weighted by molar-refractivity contribution is 0.529. The summed E-state index contributed by atoms with van der Waals surface area (Å²) in [4.78, 5) is 0. The van der Waals surface area contributed by atoms with E-state index < -0.39 is 0 Å². The summed E-state index contributed by atoms with van der Waals surface area (Å²) in [6.45, 7) is 8.56. The fraction of sp³-hybridized carbons (Fsp3) is 0.667. The molecule has 2 nitrogen and oxygen atoms in total. The molecular formula is C9H15IN2. The molecule has 1 aromatic heterocycles. The van der Waals surface area contributed by atoms with Crippen LogP contribution in [0.15, 0.2) is 6.20 Å². The van der Waals surface area contributed by atoms with Gasteiger partial charge in [-0.1, -0.05) is 22.6 Å². The Morgan fingerprint density at radius 2 is 2.00 bits per heavy atom. The van der Waals surface area contributed by atoms with E-state index in [1.54, 1.807) is 0 Å². The Kier molecular flexibility index (Phi) is 3.15. The summed E-state index contributed by atoms with van der Waals surface area (Å²) in [7, 11) is 0. The van der Waals surface area contributed by atoms with Crippen LogP contribution in [0, 0.1) is 6.92 Å². The third-order valence-electron chi connectivity index (χ3n) is 1.91. The molecule has 1 heterocycles. The van der Waals surface area contributed by atoms with E-state index in [0.29, 0.717) is 9.97 Å². The molecule has 1 atom stereocenters. The van der Waals surface area contributed by atoms with Crippen molar-refractivity contribution in [2.45, 2.75) is 37.7 Å². The molecule has 3 heteroatoms. The first-order valence-electron chi connectivity index (χ1n) is 4.22. The summed E-state index contributed by atoms with van der Waals surface area (Å²) in [5, 5.41) is 4.44. The number of hydrogen-bond acceptors (Lipinski definition) is 1. The van der Waals surface area contributed by atoms with Gasteiger partial charge in [0.15, 0.2) is 0 Å². The molecule has 0 saturated carbocycles. The molecule has 0 aliphatic carbocycles. The lowest BCUT2D eigenvalue weighted by Crippen LogP contribution is -2.00. The van der Waals surface area contributed by atoms with Gasteiger partial charge in [0, 0.05) is 21.7 Å². The van der Waals surface area contributed by atoms with Gasteiger partial charge in [0.25, 0.3) is 0 Å². The Bertz CT molecular complexity index is 263. The largest absolute Gasteiger partial charge is 0.270 e. The first-order chi connectivity index (χ1) is 5.52. The molecule has 1 rings (SSSR count). The average molecular weight is 278 g/mol. The Balaban J connectivity index is 3.00. The van der Waals surface area contributed by atoms with E-state index in [9.17, 15) is 0 Å². The fourth-order valence-electron chi connectivity index (χ4n) is 1.15. The first kappa shape index (κ1) is 10.0. The van der Waals surface area contributed by atoms with Gasteiger partial charge in [0.1, 0.15) is 0 Å². The normalized spacial score (nSPS) is 13.8. The molecule has 0 radical (unpaired) electrons. The van der Waals surface area contributed by atoms with Crippen LogP contribution in [0.25, 0.3) is 0 Å². The molecule has 0 fully saturated rings. The van der Waals surface area contributed by atoms with Crippen molar-refractivity contribution in [2.24, 2.45) is 0 Å². The molecule has 1 unspecified atom stereocenters. The van der Waals surface area contributed by atoms with E-state index in [2.05, 4.69) is 61.6 Å². The SMILES string of the molecule is Cc1nn(C(C)C)cc1C(C)I. The van der Waals surface area contributed by atoms with Crippen LogP contribution in [0.2, 0.25) is 0 Å². The van der Waals surface area contributed by atoms with Gasteiger partial charge in [-0.2, -0.15) is 5.10 Å². The number of hydrogen-bond donors (Lipinski definition) is 0. The standard InChI is InChI=1S/C9H15IN2/c1-6(2)12-5-9(7(3)10)8(4)11-12/h5-7H,1-4H3. The highest BCUT2D eigenvalue weighted by atomic mass is 127. The van der Waals surface area contributed by atoms with Crippen LogP contribution in [0.4, 0.5) is 0 Å². The number of aryl methyl sites for hydroxylation is 1. The van der Waals surface area contributed by atoms with Crippen LogP contribution in [0.5, 0.6) is 0 Å². The second-order valence-electron chi connectivity index (χ2n) is 3.36. The Labute approximate surface area is 87.5 Å². The summed E-state index contributed by atoms with van der Waals surface area (Å²) in [6, 6.07) is 0.465. The van der Waals surface area contributed by atoms with Gasteiger partial charge in [-0.25, -0.2) is 0 Å². The molecule has 0 aliphatic heterocycles. The number of alkyl halides is 1. The molecular weight excluding hydrogens is 263 g/mol. The molecule has 0 saturated heterocycles. The summed E-state index contributed by atoms with van der Waals surface area (Å²) < 4.78 is 2.58. The molecule has 12 heavy (non-hydrogen) atoms. The van der Waals surface area contributed by atoms with Crippen molar-refractivity contribution in [2.75, 3.05) is 0 Å². The molecule has 68 valence electrons. The van der Waals surface area contributed by atoms with Crippen LogP contribution in [-0.4, -0.2) is 9.78 Å². The van der Waals surface area contributed by atoms with Crippen LogP contribution >= 0.6 is 22.6 Å². The van der Waals surface area contributed by atoms with Gasteiger partial charge in [0.05, 0.1) is 5.69 Å². The lowest BCUT2D eigenvalue weighted by Gasteiger charge is -2.03. The zero-order valence-corrected chi connectivity index (χ0v) is 10.2. The molecule has 0 aliphatic rings. The third-order valence-corrected chi connectivity index (χ3v) is 2.58. The number of rotatable bonds is 2. The second-order valence-corrected chi connectivity index (χ2v) is 5.23. The molecule has 1 aromatic rings. The van der Waals surface area contributed by atoms with Crippen molar-refractivity contribution in [3.05, 3.63) is 17.5 Å². The maximum atomic E-state index is 4.44. The Morgan fingerprint density at radius 3 is 2.25 bits per heavy atom. The highest BCUT2D eigenvalue weighted by Crippen LogP contribution is 2.25. The maximum Gasteiger partial charge on any atom is 0.0636 e. The highest BCUT2D eigenvalue weighted by Gasteiger charge is 2.10. The van der Waals surface area contributed by atoms with E-state index in [0.717, 1.165) is 5.69 Å². The Morgan fingerprint density at radius 1 is 1.42 bits per heavy atom. The second kappa shape index (κ2) is 3.77. The summed E-state index contributed by atoms with van der Waals surface area (Å²) >= 11 is 2.42. The van der Waals surface area contributed by atoms with Crippen LogP contribution in [0.3, 0.4) is 0 Å². The van der Waals surface area contributed by atoms with Gasteiger partial charge in [-0.3, -0.25) is 4.68 Å². The van der Waals surface area contributed by atoms with Gasteiger partial charge in [0.2, 0.25) is 0 Å². The smallest absolute Gasteiger partial charge is 0.0636 e. The highest BCUT2D eigenvalue weighted by molar-refractivity contribution is 14.1. The predicted octanol–water partition coefficient (Wildman–Crippen LogP) is 3.27. The van der Waals surface area contributed by atoms with Gasteiger partial charge in [-0.15, -0.1) is 0 Å². The zero-order chi connectivity index (χ0) is 9.30. The van der Waals surface area contributed by atoms with E-state index in [1.807, 2.05) is 4.68 Å². The molecule has 0 spiro atoms. The van der Waals surface area contributed by atoms with E-state index in [-0.39, 0.29) is 0 Å². The first-order valence-corrected chi connectivity index (χ1v) is 5.46. The van der Waals surface area contributed by atoms with Gasteiger partial charge >= 0.3 is 0 Å². The quantitative estimate of drug-likeness (QED) is 0.599. The molecule has 0 aromatic carbocycles. The summed E-state index contributed by atoms with van der Waals surface area (Å²) in [6.07, 6.45) is 2.15. The minimum absolute atomic E-state index is 0.465. The molecule has 0 N–H and O–H groups in total. The van der Waals surface area contributed by atoms with Crippen molar-refractivity contribution in [3.63, 3.8) is 0 Å². The predicted molar refractivity (Wildman–Crippen MR) is 59.8 cm³/mol. The minimum Gasteiger partial charge on any atom is -0.270 e. The van der Waals surface area contributed by atoms with E-state index in [4.69, 9.17) is 0 Å².